The summed E-state index contributed by atoms with van der Waals surface area (Å²) < 4.78 is 14.8. The first-order valence-electron chi connectivity index (χ1n) is 13.6. The van der Waals surface area contributed by atoms with E-state index in [9.17, 15) is 9.59 Å². The molecule has 1 aliphatic rings. The van der Waals surface area contributed by atoms with Gasteiger partial charge in [-0.05, 0) is 63.8 Å². The third-order valence-electron chi connectivity index (χ3n) is 6.89. The van der Waals surface area contributed by atoms with Crippen molar-refractivity contribution in [2.45, 2.75) is 58.7 Å². The minimum atomic E-state index is -0.578. The number of nitrogens with zero attached hydrogens (tertiary/aromatic N) is 5. The van der Waals surface area contributed by atoms with E-state index in [2.05, 4.69) is 34.3 Å². The van der Waals surface area contributed by atoms with Crippen LogP contribution < -0.4 is 20.5 Å². The molecule has 1 saturated heterocycles. The predicted molar refractivity (Wildman–Crippen MR) is 154 cm³/mol. The number of rotatable bonds is 6. The van der Waals surface area contributed by atoms with Crippen molar-refractivity contribution in [3.8, 4) is 11.8 Å². The van der Waals surface area contributed by atoms with Gasteiger partial charge in [-0.2, -0.15) is 9.97 Å². The van der Waals surface area contributed by atoms with Crippen LogP contribution in [-0.4, -0.2) is 49.9 Å². The number of hydrogen-bond acceptors (Lipinski definition) is 7. The summed E-state index contributed by atoms with van der Waals surface area (Å²) in [7, 11) is 1.65. The van der Waals surface area contributed by atoms with Crippen LogP contribution >= 0.6 is 0 Å². The SMILES string of the molecule is Cc1ccccc1Cn1c(N2CCC[C@@H](NC(=O)OC(C)(C)C)C2)nc2nc(Oc3ccccc3)n(C)c(=O)c21. The number of aryl methyl sites for hydroxylation is 1. The summed E-state index contributed by atoms with van der Waals surface area (Å²) >= 11 is 0. The lowest BCUT2D eigenvalue weighted by molar-refractivity contribution is 0.0499. The highest BCUT2D eigenvalue weighted by Crippen LogP contribution is 2.27. The fourth-order valence-corrected chi connectivity index (χ4v) is 4.91. The largest absolute Gasteiger partial charge is 0.444 e. The molecule has 4 aromatic rings. The quantitative estimate of drug-likeness (QED) is 0.373. The van der Waals surface area contributed by atoms with Crippen molar-refractivity contribution in [3.05, 3.63) is 76.1 Å². The molecule has 3 heterocycles. The standard InChI is InChI=1S/C30H36N6O4/c1-20-12-9-10-13-21(20)18-36-24-25(33-28(34(5)26(24)37)39-23-15-7-6-8-16-23)32-27(36)35-17-11-14-22(19-35)31-29(38)40-30(2,3)4/h6-10,12-13,15-16,22H,11,14,17-19H2,1-5H3,(H,31,38)/t22-/m1/s1. The van der Waals surface area contributed by atoms with Crippen LogP contribution in [0.1, 0.15) is 44.7 Å². The molecule has 5 rings (SSSR count). The van der Waals surface area contributed by atoms with Gasteiger partial charge in [-0.25, -0.2) is 4.79 Å². The summed E-state index contributed by atoms with van der Waals surface area (Å²) in [5, 5.41) is 3.00. The van der Waals surface area contributed by atoms with Gasteiger partial charge in [-0.1, -0.05) is 42.5 Å². The van der Waals surface area contributed by atoms with Crippen LogP contribution in [0.3, 0.4) is 0 Å². The van der Waals surface area contributed by atoms with Crippen LogP contribution in [0.25, 0.3) is 11.2 Å². The highest BCUT2D eigenvalue weighted by Gasteiger charge is 2.29. The Kier molecular flexibility index (Phi) is 7.51. The number of amides is 1. The Morgan fingerprint density at radius 3 is 2.52 bits per heavy atom. The van der Waals surface area contributed by atoms with Gasteiger partial charge < -0.3 is 19.7 Å². The fraction of sp³-hybridized carbons (Fsp3) is 0.400. The van der Waals surface area contributed by atoms with Gasteiger partial charge in [0.15, 0.2) is 11.2 Å². The number of imidazole rings is 1. The zero-order valence-electron chi connectivity index (χ0n) is 23.7. The molecule has 10 nitrogen and oxygen atoms in total. The number of alkyl carbamates (subject to hydrolysis) is 1. The van der Waals surface area contributed by atoms with Crippen LogP contribution in [0, 0.1) is 6.92 Å². The summed E-state index contributed by atoms with van der Waals surface area (Å²) in [6.45, 7) is 9.30. The minimum absolute atomic E-state index is 0.122. The zero-order valence-corrected chi connectivity index (χ0v) is 23.7. The highest BCUT2D eigenvalue weighted by atomic mass is 16.6. The number of carbonyl (C=O) groups excluding carboxylic acids is 1. The third-order valence-corrected chi connectivity index (χ3v) is 6.89. The Balaban J connectivity index is 1.54. The monoisotopic (exact) mass is 544 g/mol. The van der Waals surface area contributed by atoms with Gasteiger partial charge in [0.1, 0.15) is 11.4 Å². The number of ether oxygens (including phenoxy) is 2. The zero-order chi connectivity index (χ0) is 28.4. The molecule has 0 spiro atoms. The maximum atomic E-state index is 13.8. The number of fused-ring (bicyclic) bond motifs is 1. The predicted octanol–water partition coefficient (Wildman–Crippen LogP) is 4.77. The second-order valence-corrected chi connectivity index (χ2v) is 11.2. The lowest BCUT2D eigenvalue weighted by Crippen LogP contribution is -2.49. The number of carbonyl (C=O) groups is 1. The van der Waals surface area contributed by atoms with E-state index in [0.29, 0.717) is 36.0 Å². The Morgan fingerprint density at radius 2 is 1.80 bits per heavy atom. The number of hydrogen-bond donors (Lipinski definition) is 1. The Morgan fingerprint density at radius 1 is 1.07 bits per heavy atom. The van der Waals surface area contributed by atoms with Gasteiger partial charge >= 0.3 is 12.1 Å². The molecule has 0 bridgehead atoms. The lowest BCUT2D eigenvalue weighted by Gasteiger charge is -2.34. The molecule has 40 heavy (non-hydrogen) atoms. The summed E-state index contributed by atoms with van der Waals surface area (Å²) in [6, 6.07) is 17.4. The molecule has 1 fully saturated rings. The Labute approximate surface area is 233 Å². The number of aromatic nitrogens is 4. The summed E-state index contributed by atoms with van der Waals surface area (Å²) in [5.41, 5.74) is 2.10. The maximum Gasteiger partial charge on any atom is 0.407 e. The van der Waals surface area contributed by atoms with Crippen LogP contribution in [0.4, 0.5) is 10.7 Å². The van der Waals surface area contributed by atoms with Crippen molar-refractivity contribution >= 4 is 23.2 Å². The summed E-state index contributed by atoms with van der Waals surface area (Å²) in [6.07, 6.45) is 1.23. The Hall–Kier alpha value is -4.34. The fourth-order valence-electron chi connectivity index (χ4n) is 4.91. The Bertz CT molecular complexity index is 1570. The van der Waals surface area contributed by atoms with Crippen molar-refractivity contribution in [1.29, 1.82) is 0 Å². The summed E-state index contributed by atoms with van der Waals surface area (Å²) in [5.74, 6) is 1.21. The molecule has 1 atom stereocenters. The number of benzene rings is 2. The molecule has 2 aromatic carbocycles. The molecule has 210 valence electrons. The molecule has 0 radical (unpaired) electrons. The van der Waals surface area contributed by atoms with E-state index in [4.69, 9.17) is 14.5 Å². The van der Waals surface area contributed by atoms with Crippen LogP contribution in [0.2, 0.25) is 0 Å². The van der Waals surface area contributed by atoms with Crippen molar-refractivity contribution in [2.24, 2.45) is 7.05 Å². The van der Waals surface area contributed by atoms with Crippen molar-refractivity contribution in [2.75, 3.05) is 18.0 Å². The van der Waals surface area contributed by atoms with Crippen LogP contribution in [-0.2, 0) is 18.3 Å². The molecule has 0 aliphatic carbocycles. The van der Waals surface area contributed by atoms with Gasteiger partial charge in [-0.15, -0.1) is 0 Å². The normalized spacial score (nSPS) is 15.7. The number of anilines is 1. The molecule has 1 aliphatic heterocycles. The number of nitrogens with one attached hydrogen (secondary N) is 1. The van der Waals surface area contributed by atoms with E-state index in [1.807, 2.05) is 67.8 Å². The molecular weight excluding hydrogens is 508 g/mol. The highest BCUT2D eigenvalue weighted by molar-refractivity contribution is 5.75. The van der Waals surface area contributed by atoms with E-state index in [-0.39, 0.29) is 17.6 Å². The number of piperidine rings is 1. The minimum Gasteiger partial charge on any atom is -0.444 e. The molecule has 1 amide bonds. The van der Waals surface area contributed by atoms with E-state index in [1.165, 1.54) is 4.57 Å². The van der Waals surface area contributed by atoms with Crippen molar-refractivity contribution in [3.63, 3.8) is 0 Å². The number of para-hydroxylation sites is 1. The van der Waals surface area contributed by atoms with E-state index in [0.717, 1.165) is 30.5 Å². The van der Waals surface area contributed by atoms with Gasteiger partial charge in [0, 0.05) is 26.2 Å². The smallest absolute Gasteiger partial charge is 0.407 e. The average molecular weight is 545 g/mol. The van der Waals surface area contributed by atoms with Gasteiger partial charge in [-0.3, -0.25) is 13.9 Å². The molecule has 0 unspecified atom stereocenters. The summed E-state index contributed by atoms with van der Waals surface area (Å²) in [4.78, 5) is 37.9. The first-order valence-corrected chi connectivity index (χ1v) is 13.6. The topological polar surface area (TPSA) is 104 Å². The van der Waals surface area contributed by atoms with E-state index >= 15 is 0 Å². The first-order chi connectivity index (χ1) is 19.1. The molecule has 1 N–H and O–H groups in total. The first kappa shape index (κ1) is 27.2. The van der Waals surface area contributed by atoms with E-state index in [1.54, 1.807) is 7.05 Å². The third kappa shape index (κ3) is 5.95. The maximum absolute atomic E-state index is 13.8. The van der Waals surface area contributed by atoms with Gasteiger partial charge in [0.05, 0.1) is 6.54 Å². The second-order valence-electron chi connectivity index (χ2n) is 11.2. The lowest BCUT2D eigenvalue weighted by atomic mass is 10.1. The van der Waals surface area contributed by atoms with Crippen molar-refractivity contribution < 1.29 is 14.3 Å². The average Bonchev–Trinajstić information content (AvgIpc) is 3.26. The van der Waals surface area contributed by atoms with Crippen LogP contribution in [0.15, 0.2) is 59.4 Å². The van der Waals surface area contributed by atoms with Gasteiger partial charge in [0.2, 0.25) is 5.95 Å². The molecule has 10 heteroatoms. The molecular formula is C30H36N6O4. The van der Waals surface area contributed by atoms with Crippen molar-refractivity contribution in [1.82, 2.24) is 24.4 Å². The second kappa shape index (κ2) is 11.0. The molecule has 0 saturated carbocycles. The van der Waals surface area contributed by atoms with E-state index < -0.39 is 11.7 Å². The van der Waals surface area contributed by atoms with Crippen LogP contribution in [0.5, 0.6) is 11.8 Å². The van der Waals surface area contributed by atoms with Gasteiger partial charge in [0.25, 0.3) is 5.56 Å². The molecule has 2 aromatic heterocycles.